The van der Waals surface area contributed by atoms with Crippen LogP contribution in [0.4, 0.5) is 5.13 Å². The molecule has 116 valence electrons. The highest BCUT2D eigenvalue weighted by atomic mass is 32.1. The normalized spacial score (nSPS) is 18.0. The van der Waals surface area contributed by atoms with Gasteiger partial charge in [0.1, 0.15) is 0 Å². The second-order valence-corrected chi connectivity index (χ2v) is 7.09. The van der Waals surface area contributed by atoms with Gasteiger partial charge in [0.05, 0.1) is 11.1 Å². The molecule has 0 radical (unpaired) electrons. The maximum Gasteiger partial charge on any atom is 0.310 e. The molecule has 1 saturated carbocycles. The Morgan fingerprint density at radius 2 is 1.86 bits per heavy atom. The number of carboxylic acid groups (broad SMARTS) is 1. The first-order valence-corrected chi connectivity index (χ1v) is 8.22. The van der Waals surface area contributed by atoms with Gasteiger partial charge in [0.15, 0.2) is 5.13 Å². The van der Waals surface area contributed by atoms with Crippen LogP contribution in [0.15, 0.2) is 0 Å². The van der Waals surface area contributed by atoms with Crippen LogP contribution >= 0.6 is 11.3 Å². The van der Waals surface area contributed by atoms with Crippen molar-refractivity contribution in [1.29, 1.82) is 0 Å². The van der Waals surface area contributed by atoms with Crippen LogP contribution < -0.4 is 5.32 Å². The number of nitrogens with zero attached hydrogens (tertiary/aromatic N) is 1. The maximum absolute atomic E-state index is 12.2. The van der Waals surface area contributed by atoms with Crippen molar-refractivity contribution in [3.63, 3.8) is 0 Å². The second-order valence-electron chi connectivity index (χ2n) is 5.89. The average Bonchev–Trinajstić information content (AvgIpc) is 2.62. The van der Waals surface area contributed by atoms with Gasteiger partial charge < -0.3 is 10.4 Å². The number of hydrogen-bond donors (Lipinski definition) is 2. The molecule has 0 atom stereocenters. The van der Waals surface area contributed by atoms with Gasteiger partial charge in [-0.05, 0) is 26.7 Å². The molecule has 1 heterocycles. The summed E-state index contributed by atoms with van der Waals surface area (Å²) >= 11 is 1.43. The lowest BCUT2D eigenvalue weighted by atomic mass is 9.77. The quantitative estimate of drug-likeness (QED) is 0.834. The van der Waals surface area contributed by atoms with Crippen LogP contribution in [0.5, 0.6) is 0 Å². The largest absolute Gasteiger partial charge is 0.481 e. The number of aromatic nitrogens is 1. The van der Waals surface area contributed by atoms with E-state index in [4.69, 9.17) is 0 Å². The Morgan fingerprint density at radius 3 is 2.33 bits per heavy atom. The fraction of sp³-hybridized carbons (Fsp3) is 0.667. The number of anilines is 1. The first-order chi connectivity index (χ1) is 9.93. The van der Waals surface area contributed by atoms with Crippen LogP contribution in [-0.2, 0) is 9.59 Å². The minimum atomic E-state index is -0.901. The van der Waals surface area contributed by atoms with Crippen LogP contribution in [0.2, 0.25) is 0 Å². The minimum absolute atomic E-state index is 0.0417. The van der Waals surface area contributed by atoms with E-state index in [1.165, 1.54) is 11.3 Å². The summed E-state index contributed by atoms with van der Waals surface area (Å²) in [6, 6.07) is 0. The molecule has 1 aromatic rings. The minimum Gasteiger partial charge on any atom is -0.481 e. The molecule has 21 heavy (non-hydrogen) atoms. The van der Waals surface area contributed by atoms with Gasteiger partial charge in [0.25, 0.3) is 0 Å². The summed E-state index contributed by atoms with van der Waals surface area (Å²) in [5.41, 5.74) is -0.000200. The standard InChI is InChI=1S/C15H22N2O3S/c1-10-11(2)21-14(16-10)17-12(18)9-15(13(19)20)7-5-3-4-6-8-15/h3-9H2,1-2H3,(H,19,20)(H,16,17,18). The molecular formula is C15H22N2O3S. The SMILES string of the molecule is Cc1nc(NC(=O)CC2(C(=O)O)CCCCCC2)sc1C. The van der Waals surface area contributed by atoms with Crippen molar-refractivity contribution in [3.05, 3.63) is 10.6 Å². The third-order valence-electron chi connectivity index (χ3n) is 4.29. The van der Waals surface area contributed by atoms with Gasteiger partial charge in [-0.15, -0.1) is 11.3 Å². The van der Waals surface area contributed by atoms with Crippen molar-refractivity contribution in [2.45, 2.75) is 58.8 Å². The van der Waals surface area contributed by atoms with Crippen molar-refractivity contribution >= 4 is 28.3 Å². The van der Waals surface area contributed by atoms with E-state index < -0.39 is 11.4 Å². The number of carbonyl (C=O) groups is 2. The number of rotatable bonds is 4. The van der Waals surface area contributed by atoms with Gasteiger partial charge in [-0.2, -0.15) is 0 Å². The Hall–Kier alpha value is -1.43. The number of amides is 1. The van der Waals surface area contributed by atoms with Crippen molar-refractivity contribution in [2.75, 3.05) is 5.32 Å². The topological polar surface area (TPSA) is 79.3 Å². The van der Waals surface area contributed by atoms with E-state index in [0.29, 0.717) is 18.0 Å². The predicted molar refractivity (Wildman–Crippen MR) is 82.6 cm³/mol. The highest BCUT2D eigenvalue weighted by molar-refractivity contribution is 7.15. The average molecular weight is 310 g/mol. The molecule has 1 aromatic heterocycles. The summed E-state index contributed by atoms with van der Waals surface area (Å²) < 4.78 is 0. The maximum atomic E-state index is 12.2. The predicted octanol–water partition coefficient (Wildman–Crippen LogP) is 3.51. The number of carbonyl (C=O) groups excluding carboxylic acids is 1. The molecule has 1 fully saturated rings. The number of thiazole rings is 1. The van der Waals surface area contributed by atoms with Gasteiger partial charge in [-0.25, -0.2) is 4.98 Å². The van der Waals surface area contributed by atoms with Gasteiger partial charge in [0, 0.05) is 11.3 Å². The lowest BCUT2D eigenvalue weighted by molar-refractivity contribution is -0.152. The monoisotopic (exact) mass is 310 g/mol. The first-order valence-electron chi connectivity index (χ1n) is 7.40. The molecule has 0 bridgehead atoms. The molecule has 0 saturated heterocycles. The number of aliphatic carboxylic acids is 1. The highest BCUT2D eigenvalue weighted by Crippen LogP contribution is 2.38. The molecule has 6 heteroatoms. The van der Waals surface area contributed by atoms with Crippen molar-refractivity contribution in [2.24, 2.45) is 5.41 Å². The van der Waals surface area contributed by atoms with Gasteiger partial charge in [-0.3, -0.25) is 9.59 Å². The zero-order valence-electron chi connectivity index (χ0n) is 12.6. The van der Waals surface area contributed by atoms with Crippen LogP contribution in [-0.4, -0.2) is 22.0 Å². The fourth-order valence-electron chi connectivity index (χ4n) is 2.87. The summed E-state index contributed by atoms with van der Waals surface area (Å²) in [6.07, 6.45) is 5.10. The molecule has 5 nitrogen and oxygen atoms in total. The van der Waals surface area contributed by atoms with Crippen LogP contribution in [0.1, 0.15) is 55.5 Å². The van der Waals surface area contributed by atoms with E-state index in [2.05, 4.69) is 10.3 Å². The lowest BCUT2D eigenvalue weighted by Crippen LogP contribution is -2.35. The fourth-order valence-corrected chi connectivity index (χ4v) is 3.70. The van der Waals surface area contributed by atoms with E-state index in [1.807, 2.05) is 13.8 Å². The van der Waals surface area contributed by atoms with E-state index in [-0.39, 0.29) is 12.3 Å². The number of carboxylic acids is 1. The third-order valence-corrected chi connectivity index (χ3v) is 5.28. The Balaban J connectivity index is 2.05. The Kier molecular flexibility index (Phi) is 4.98. The van der Waals surface area contributed by atoms with Crippen LogP contribution in [0.25, 0.3) is 0 Å². The summed E-state index contributed by atoms with van der Waals surface area (Å²) in [6.45, 7) is 3.85. The van der Waals surface area contributed by atoms with Crippen molar-refractivity contribution < 1.29 is 14.7 Å². The van der Waals surface area contributed by atoms with E-state index in [0.717, 1.165) is 36.3 Å². The first kappa shape index (κ1) is 15.9. The molecule has 1 aliphatic carbocycles. The Bertz CT molecular complexity index is 512. The lowest BCUT2D eigenvalue weighted by Gasteiger charge is -2.27. The second kappa shape index (κ2) is 6.56. The summed E-state index contributed by atoms with van der Waals surface area (Å²) in [5.74, 6) is -1.08. The molecule has 0 aromatic carbocycles. The van der Waals surface area contributed by atoms with E-state index in [9.17, 15) is 14.7 Å². The van der Waals surface area contributed by atoms with E-state index in [1.54, 1.807) is 0 Å². The molecule has 0 spiro atoms. The number of hydrogen-bond acceptors (Lipinski definition) is 4. The molecule has 1 amide bonds. The summed E-state index contributed by atoms with van der Waals surface area (Å²) in [5, 5.41) is 12.9. The van der Waals surface area contributed by atoms with Crippen LogP contribution in [0.3, 0.4) is 0 Å². The Morgan fingerprint density at radius 1 is 1.24 bits per heavy atom. The molecule has 0 aliphatic heterocycles. The molecule has 1 aliphatic rings. The zero-order valence-corrected chi connectivity index (χ0v) is 13.4. The highest BCUT2D eigenvalue weighted by Gasteiger charge is 2.40. The van der Waals surface area contributed by atoms with Gasteiger partial charge in [0.2, 0.25) is 5.91 Å². The van der Waals surface area contributed by atoms with Gasteiger partial charge >= 0.3 is 5.97 Å². The third kappa shape index (κ3) is 3.81. The van der Waals surface area contributed by atoms with Crippen LogP contribution in [0, 0.1) is 19.3 Å². The smallest absolute Gasteiger partial charge is 0.310 e. The Labute approximate surface area is 128 Å². The van der Waals surface area contributed by atoms with Crippen molar-refractivity contribution in [3.8, 4) is 0 Å². The number of nitrogens with one attached hydrogen (secondary N) is 1. The molecule has 0 unspecified atom stereocenters. The molecular weight excluding hydrogens is 288 g/mol. The molecule has 2 rings (SSSR count). The van der Waals surface area contributed by atoms with Gasteiger partial charge in [-0.1, -0.05) is 25.7 Å². The summed E-state index contributed by atoms with van der Waals surface area (Å²) in [4.78, 5) is 29.2. The number of aryl methyl sites for hydroxylation is 2. The summed E-state index contributed by atoms with van der Waals surface area (Å²) in [7, 11) is 0. The zero-order chi connectivity index (χ0) is 15.5. The molecule has 2 N–H and O–H groups in total. The van der Waals surface area contributed by atoms with E-state index >= 15 is 0 Å². The van der Waals surface area contributed by atoms with Crippen molar-refractivity contribution in [1.82, 2.24) is 4.98 Å².